The molecule has 0 unspecified atom stereocenters. The fourth-order valence-corrected chi connectivity index (χ4v) is 13.6. The topological polar surface area (TPSA) is 109 Å². The number of rotatable bonds is 10. The van der Waals surface area contributed by atoms with Gasteiger partial charge in [-0.15, -0.1) is 0 Å². The Hall–Kier alpha value is -1.43. The Labute approximate surface area is 297 Å². The maximum absolute atomic E-state index is 14.6. The van der Waals surface area contributed by atoms with Crippen LogP contribution in [0.4, 0.5) is 0 Å². The molecule has 5 rings (SSSR count). The Morgan fingerprint density at radius 2 is 0.933 bits per heavy atom. The quantitative estimate of drug-likeness (QED) is 0.170. The van der Waals surface area contributed by atoms with Gasteiger partial charge in [-0.3, -0.25) is 0 Å². The second-order valence-electron chi connectivity index (χ2n) is 10.4. The van der Waals surface area contributed by atoms with Crippen molar-refractivity contribution < 1.29 is 25.3 Å². The summed E-state index contributed by atoms with van der Waals surface area (Å²) >= 11 is 13.4. The van der Waals surface area contributed by atoms with Crippen molar-refractivity contribution in [2.24, 2.45) is 0 Å². The zero-order chi connectivity index (χ0) is 32.6. The molecule has 0 spiro atoms. The minimum Gasteiger partial charge on any atom is -0.229 e. The zero-order valence-electron chi connectivity index (χ0n) is 23.3. The van der Waals surface area contributed by atoms with E-state index in [1.54, 1.807) is 84.9 Å². The van der Waals surface area contributed by atoms with Crippen molar-refractivity contribution in [3.63, 3.8) is 0 Å². The summed E-state index contributed by atoms with van der Waals surface area (Å²) < 4.78 is 89.0. The molecule has 0 aliphatic carbocycles. The van der Waals surface area contributed by atoms with Gasteiger partial charge in [0.25, 0.3) is 0 Å². The SMILES string of the molecule is O=S1(=O)C[C@@H](N(Cc2ccccc2)S(=O)(=O)c2cc(Br)ccc2Br)[C@@H](N(Cc2ccccc2)S(=O)(=O)c2cc(Br)ccc2Br)C1. The van der Waals surface area contributed by atoms with Crippen LogP contribution in [-0.2, 0) is 43.0 Å². The van der Waals surface area contributed by atoms with Gasteiger partial charge >= 0.3 is 0 Å². The third-order valence-corrected chi connectivity index (χ3v) is 15.8. The molecule has 45 heavy (non-hydrogen) atoms. The number of halogens is 4. The number of hydrogen-bond acceptors (Lipinski definition) is 6. The van der Waals surface area contributed by atoms with Crippen LogP contribution >= 0.6 is 63.7 Å². The van der Waals surface area contributed by atoms with Crippen molar-refractivity contribution in [2.75, 3.05) is 11.5 Å². The lowest BCUT2D eigenvalue weighted by Crippen LogP contribution is -2.54. The second-order valence-corrected chi connectivity index (χ2v) is 19.8. The summed E-state index contributed by atoms with van der Waals surface area (Å²) in [6.45, 7) is -0.364. The van der Waals surface area contributed by atoms with E-state index in [0.717, 1.165) is 8.61 Å². The molecule has 8 nitrogen and oxygen atoms in total. The fourth-order valence-electron chi connectivity index (χ4n) is 5.25. The van der Waals surface area contributed by atoms with Gasteiger partial charge < -0.3 is 0 Å². The van der Waals surface area contributed by atoms with Crippen LogP contribution in [0.1, 0.15) is 11.1 Å². The molecule has 1 heterocycles. The monoisotopic (exact) mass is 922 g/mol. The first kappa shape index (κ1) is 34.9. The van der Waals surface area contributed by atoms with Crippen molar-refractivity contribution in [3.8, 4) is 0 Å². The summed E-state index contributed by atoms with van der Waals surface area (Å²) in [6.07, 6.45) is 0. The lowest BCUT2D eigenvalue weighted by molar-refractivity contribution is 0.219. The molecule has 0 N–H and O–H groups in total. The minimum atomic E-state index is -4.40. The predicted octanol–water partition coefficient (Wildman–Crippen LogP) is 6.98. The van der Waals surface area contributed by atoms with Crippen LogP contribution in [0.3, 0.4) is 0 Å². The van der Waals surface area contributed by atoms with Crippen molar-refractivity contribution in [2.45, 2.75) is 35.0 Å². The summed E-state index contributed by atoms with van der Waals surface area (Å²) in [5, 5.41) is 0. The third kappa shape index (κ3) is 7.83. The molecule has 4 aromatic carbocycles. The lowest BCUT2D eigenvalue weighted by atomic mass is 10.1. The largest absolute Gasteiger partial charge is 0.244 e. The van der Waals surface area contributed by atoms with Crippen LogP contribution in [0.2, 0.25) is 0 Å². The van der Waals surface area contributed by atoms with Crippen LogP contribution in [0, 0.1) is 0 Å². The smallest absolute Gasteiger partial charge is 0.229 e. The van der Waals surface area contributed by atoms with Gasteiger partial charge in [0.15, 0.2) is 9.84 Å². The van der Waals surface area contributed by atoms with Gasteiger partial charge in [-0.1, -0.05) is 92.5 Å². The third-order valence-electron chi connectivity index (χ3n) is 7.36. The van der Waals surface area contributed by atoms with E-state index in [1.165, 1.54) is 12.1 Å². The zero-order valence-corrected chi connectivity index (χ0v) is 32.1. The van der Waals surface area contributed by atoms with Gasteiger partial charge in [0.05, 0.1) is 33.4 Å². The molecular formula is C30H26Br4N2O6S3. The summed E-state index contributed by atoms with van der Waals surface area (Å²) in [5.41, 5.74) is 1.23. The fraction of sp³-hybridized carbons (Fsp3) is 0.200. The molecule has 4 aromatic rings. The number of nitrogens with zero attached hydrogens (tertiary/aromatic N) is 2. The Morgan fingerprint density at radius 1 is 0.578 bits per heavy atom. The van der Waals surface area contributed by atoms with E-state index in [4.69, 9.17) is 0 Å². The highest BCUT2D eigenvalue weighted by Crippen LogP contribution is 2.37. The van der Waals surface area contributed by atoms with Gasteiger partial charge in [0.2, 0.25) is 20.0 Å². The minimum absolute atomic E-state index is 0.0805. The highest BCUT2D eigenvalue weighted by Gasteiger charge is 2.51. The van der Waals surface area contributed by atoms with E-state index >= 15 is 0 Å². The van der Waals surface area contributed by atoms with E-state index in [2.05, 4.69) is 63.7 Å². The second kappa shape index (κ2) is 14.0. The maximum Gasteiger partial charge on any atom is 0.244 e. The summed E-state index contributed by atoms with van der Waals surface area (Å²) in [7, 11) is -12.7. The molecule has 0 radical (unpaired) electrons. The van der Waals surface area contributed by atoms with E-state index < -0.39 is 53.5 Å². The molecule has 1 aliphatic rings. The molecule has 0 saturated carbocycles. The van der Waals surface area contributed by atoms with Crippen molar-refractivity contribution in [1.29, 1.82) is 0 Å². The number of benzene rings is 4. The molecule has 0 amide bonds. The Kier molecular flexibility index (Phi) is 10.8. The molecular weight excluding hydrogens is 900 g/mol. The van der Waals surface area contributed by atoms with Crippen LogP contribution in [0.5, 0.6) is 0 Å². The normalized spacial score (nSPS) is 18.4. The van der Waals surface area contributed by atoms with Gasteiger partial charge in [-0.25, -0.2) is 25.3 Å². The van der Waals surface area contributed by atoms with Crippen LogP contribution in [0.15, 0.2) is 125 Å². The average molecular weight is 926 g/mol. The molecule has 238 valence electrons. The average Bonchev–Trinajstić information content (AvgIpc) is 3.32. The maximum atomic E-state index is 14.6. The van der Waals surface area contributed by atoms with Gasteiger partial charge in [-0.05, 0) is 79.4 Å². The number of sulfone groups is 1. The van der Waals surface area contributed by atoms with E-state index in [0.29, 0.717) is 20.1 Å². The summed E-state index contributed by atoms with van der Waals surface area (Å²) in [5.74, 6) is -1.12. The lowest BCUT2D eigenvalue weighted by Gasteiger charge is -2.37. The van der Waals surface area contributed by atoms with Crippen molar-refractivity contribution >= 4 is 93.6 Å². The standard InChI is InChI=1S/C30H26Br4N2O6S3/c31-23-11-13-25(33)29(15-23)44(39,40)35(17-21-7-3-1-4-8-21)27-19-43(37,38)20-28(27)36(18-22-9-5-2-6-10-22)45(41,42)30-16-24(32)12-14-26(30)34/h1-16,27-28H,17-20H2/t27-,28+. The first-order valence-corrected chi connectivity index (χ1v) is 21.3. The number of hydrogen-bond donors (Lipinski definition) is 0. The van der Waals surface area contributed by atoms with Gasteiger partial charge in [-0.2, -0.15) is 8.61 Å². The van der Waals surface area contributed by atoms with Crippen molar-refractivity contribution in [1.82, 2.24) is 8.61 Å². The molecule has 0 bridgehead atoms. The Morgan fingerprint density at radius 3 is 1.29 bits per heavy atom. The van der Waals surface area contributed by atoms with Crippen molar-refractivity contribution in [3.05, 3.63) is 126 Å². The van der Waals surface area contributed by atoms with Gasteiger partial charge in [0, 0.05) is 31.0 Å². The first-order chi connectivity index (χ1) is 21.2. The molecule has 1 aliphatic heterocycles. The molecule has 1 saturated heterocycles. The molecule has 0 aromatic heterocycles. The van der Waals surface area contributed by atoms with Gasteiger partial charge in [0.1, 0.15) is 0 Å². The summed E-state index contributed by atoms with van der Waals surface area (Å²) in [4.78, 5) is -0.161. The molecule has 2 atom stereocenters. The molecule has 15 heteroatoms. The highest BCUT2D eigenvalue weighted by atomic mass is 79.9. The Balaban J connectivity index is 1.72. The van der Waals surface area contributed by atoms with E-state index in [9.17, 15) is 25.3 Å². The van der Waals surface area contributed by atoms with E-state index in [-0.39, 0.29) is 31.8 Å². The predicted molar refractivity (Wildman–Crippen MR) is 188 cm³/mol. The Bertz CT molecular complexity index is 1890. The summed E-state index contributed by atoms with van der Waals surface area (Å²) in [6, 6.07) is 24.5. The van der Waals surface area contributed by atoms with Crippen LogP contribution in [0.25, 0.3) is 0 Å². The first-order valence-electron chi connectivity index (χ1n) is 13.4. The van der Waals surface area contributed by atoms with Crippen LogP contribution in [-0.4, -0.2) is 57.5 Å². The highest BCUT2D eigenvalue weighted by molar-refractivity contribution is 9.11. The number of sulfonamides is 2. The molecule has 1 fully saturated rings. The van der Waals surface area contributed by atoms with E-state index in [1.807, 2.05) is 0 Å². The van der Waals surface area contributed by atoms with Crippen LogP contribution < -0.4 is 0 Å².